The van der Waals surface area contributed by atoms with Gasteiger partial charge in [-0.05, 0) is 54.8 Å². The lowest BCUT2D eigenvalue weighted by Gasteiger charge is -2.18. The SMILES string of the molecule is CN(Cc1ccc(N(C)C)cc1)C(=O)COC(=O)c1ccc(OC[C@H]2CCCO2)cc1. The van der Waals surface area contributed by atoms with Crippen molar-refractivity contribution in [2.24, 2.45) is 0 Å². The third-order valence-electron chi connectivity index (χ3n) is 5.17. The van der Waals surface area contributed by atoms with Crippen molar-refractivity contribution in [2.45, 2.75) is 25.5 Å². The molecule has 1 aliphatic rings. The number of hydrogen-bond acceptors (Lipinski definition) is 6. The van der Waals surface area contributed by atoms with Gasteiger partial charge in [0.2, 0.25) is 0 Å². The first-order chi connectivity index (χ1) is 14.9. The van der Waals surface area contributed by atoms with Crippen LogP contribution in [-0.2, 0) is 20.8 Å². The zero-order valence-corrected chi connectivity index (χ0v) is 18.4. The van der Waals surface area contributed by atoms with Crippen molar-refractivity contribution in [3.05, 3.63) is 59.7 Å². The van der Waals surface area contributed by atoms with Gasteiger partial charge in [0.1, 0.15) is 12.4 Å². The summed E-state index contributed by atoms with van der Waals surface area (Å²) in [4.78, 5) is 28.1. The minimum atomic E-state index is -0.539. The largest absolute Gasteiger partial charge is 0.491 e. The molecule has 0 saturated carbocycles. The molecule has 7 nitrogen and oxygen atoms in total. The fourth-order valence-electron chi connectivity index (χ4n) is 3.23. The van der Waals surface area contributed by atoms with Crippen molar-refractivity contribution in [1.29, 1.82) is 0 Å². The van der Waals surface area contributed by atoms with Crippen molar-refractivity contribution in [1.82, 2.24) is 4.90 Å². The van der Waals surface area contributed by atoms with Crippen molar-refractivity contribution in [3.8, 4) is 5.75 Å². The quantitative estimate of drug-likeness (QED) is 0.574. The lowest BCUT2D eigenvalue weighted by molar-refractivity contribution is -0.133. The fourth-order valence-corrected chi connectivity index (χ4v) is 3.23. The predicted octanol–water partition coefficient (Wildman–Crippen LogP) is 3.13. The molecule has 2 aromatic rings. The lowest BCUT2D eigenvalue weighted by Crippen LogP contribution is -2.30. The molecule has 1 saturated heterocycles. The molecule has 0 bridgehead atoms. The molecule has 1 atom stereocenters. The van der Waals surface area contributed by atoms with Gasteiger partial charge in [-0.25, -0.2) is 4.79 Å². The lowest BCUT2D eigenvalue weighted by atomic mass is 10.2. The number of hydrogen-bond donors (Lipinski definition) is 0. The molecule has 0 spiro atoms. The van der Waals surface area contributed by atoms with Crippen LogP contribution in [0.2, 0.25) is 0 Å². The Morgan fingerprint density at radius 3 is 2.35 bits per heavy atom. The highest BCUT2D eigenvalue weighted by molar-refractivity contribution is 5.91. The third-order valence-corrected chi connectivity index (χ3v) is 5.17. The molecule has 7 heteroatoms. The maximum Gasteiger partial charge on any atom is 0.338 e. The van der Waals surface area contributed by atoms with Crippen molar-refractivity contribution >= 4 is 17.6 Å². The Labute approximate surface area is 183 Å². The van der Waals surface area contributed by atoms with Gasteiger partial charge in [-0.1, -0.05) is 12.1 Å². The summed E-state index contributed by atoms with van der Waals surface area (Å²) in [6, 6.07) is 14.7. The number of anilines is 1. The van der Waals surface area contributed by atoms with Crippen LogP contribution in [0.5, 0.6) is 5.75 Å². The van der Waals surface area contributed by atoms with Gasteiger partial charge in [-0.15, -0.1) is 0 Å². The molecular weight excluding hydrogens is 396 g/mol. The smallest absolute Gasteiger partial charge is 0.338 e. The average Bonchev–Trinajstić information content (AvgIpc) is 3.30. The molecule has 0 N–H and O–H groups in total. The van der Waals surface area contributed by atoms with Gasteiger partial charge in [0, 0.05) is 40.0 Å². The van der Waals surface area contributed by atoms with E-state index in [4.69, 9.17) is 14.2 Å². The van der Waals surface area contributed by atoms with Crippen LogP contribution in [0.15, 0.2) is 48.5 Å². The molecule has 1 aliphatic heterocycles. The molecule has 0 radical (unpaired) electrons. The van der Waals surface area contributed by atoms with Gasteiger partial charge in [-0.2, -0.15) is 0 Å². The highest BCUT2D eigenvalue weighted by atomic mass is 16.5. The number of esters is 1. The number of rotatable bonds is 9. The molecule has 0 unspecified atom stereocenters. The first kappa shape index (κ1) is 22.6. The summed E-state index contributed by atoms with van der Waals surface area (Å²) < 4.78 is 16.4. The Morgan fingerprint density at radius 2 is 1.74 bits per heavy atom. The topological polar surface area (TPSA) is 68.3 Å². The minimum absolute atomic E-state index is 0.138. The highest BCUT2D eigenvalue weighted by Gasteiger charge is 2.17. The van der Waals surface area contributed by atoms with E-state index in [-0.39, 0.29) is 18.6 Å². The summed E-state index contributed by atoms with van der Waals surface area (Å²) in [5.74, 6) is -0.132. The van der Waals surface area contributed by atoms with Crippen LogP contribution in [-0.4, -0.2) is 63.8 Å². The second kappa shape index (κ2) is 10.8. The summed E-state index contributed by atoms with van der Waals surface area (Å²) in [5, 5.41) is 0. The van der Waals surface area contributed by atoms with E-state index in [9.17, 15) is 9.59 Å². The van der Waals surface area contributed by atoms with E-state index in [0.29, 0.717) is 24.5 Å². The first-order valence-corrected chi connectivity index (χ1v) is 10.4. The minimum Gasteiger partial charge on any atom is -0.491 e. The van der Waals surface area contributed by atoms with Crippen LogP contribution in [0.25, 0.3) is 0 Å². The number of carbonyl (C=O) groups excluding carboxylic acids is 2. The Kier molecular flexibility index (Phi) is 7.89. The van der Waals surface area contributed by atoms with Crippen molar-refractivity contribution in [2.75, 3.05) is 45.9 Å². The second-order valence-electron chi connectivity index (χ2n) is 7.86. The highest BCUT2D eigenvalue weighted by Crippen LogP contribution is 2.17. The zero-order chi connectivity index (χ0) is 22.2. The number of ether oxygens (including phenoxy) is 3. The van der Waals surface area contributed by atoms with Crippen LogP contribution >= 0.6 is 0 Å². The Hall–Kier alpha value is -3.06. The van der Waals surface area contributed by atoms with Gasteiger partial charge in [-0.3, -0.25) is 4.79 Å². The molecule has 1 heterocycles. The van der Waals surface area contributed by atoms with E-state index >= 15 is 0 Å². The Morgan fingerprint density at radius 1 is 1.03 bits per heavy atom. The Bertz CT molecular complexity index is 859. The maximum atomic E-state index is 12.3. The van der Waals surface area contributed by atoms with Crippen molar-refractivity contribution in [3.63, 3.8) is 0 Å². The molecule has 2 aromatic carbocycles. The van der Waals surface area contributed by atoms with E-state index in [0.717, 1.165) is 30.7 Å². The molecule has 31 heavy (non-hydrogen) atoms. The molecule has 1 amide bonds. The summed E-state index contributed by atoms with van der Waals surface area (Å²) >= 11 is 0. The summed E-state index contributed by atoms with van der Waals surface area (Å²) in [6.07, 6.45) is 2.21. The number of nitrogens with zero attached hydrogens (tertiary/aromatic N) is 2. The zero-order valence-electron chi connectivity index (χ0n) is 18.4. The molecular formula is C24H30N2O5. The standard InChI is InChI=1S/C24H30N2O5/c1-25(2)20-10-6-18(7-11-20)15-26(3)23(27)17-31-24(28)19-8-12-21(13-9-19)30-16-22-5-4-14-29-22/h6-13,22H,4-5,14-17H2,1-3H3/t22-/m1/s1. The molecule has 0 aliphatic carbocycles. The van der Waals surface area contributed by atoms with Gasteiger partial charge in [0.25, 0.3) is 5.91 Å². The average molecular weight is 427 g/mol. The molecule has 166 valence electrons. The number of likely N-dealkylation sites (N-methyl/N-ethyl adjacent to an activating group) is 1. The second-order valence-corrected chi connectivity index (χ2v) is 7.86. The van der Waals surface area contributed by atoms with E-state index < -0.39 is 5.97 Å². The number of carbonyl (C=O) groups is 2. The van der Waals surface area contributed by atoms with Crippen LogP contribution in [0.1, 0.15) is 28.8 Å². The van der Waals surface area contributed by atoms with E-state index in [2.05, 4.69) is 0 Å². The summed E-state index contributed by atoms with van der Waals surface area (Å²) in [7, 11) is 5.65. The van der Waals surface area contributed by atoms with E-state index in [1.807, 2.05) is 43.3 Å². The van der Waals surface area contributed by atoms with Gasteiger partial charge < -0.3 is 24.0 Å². The molecule has 0 aromatic heterocycles. The van der Waals surface area contributed by atoms with Gasteiger partial charge in [0.15, 0.2) is 6.61 Å². The number of amides is 1. The van der Waals surface area contributed by atoms with Gasteiger partial charge >= 0.3 is 5.97 Å². The fraction of sp³-hybridized carbons (Fsp3) is 0.417. The van der Waals surface area contributed by atoms with Crippen LogP contribution < -0.4 is 9.64 Å². The van der Waals surface area contributed by atoms with E-state index in [1.165, 1.54) is 0 Å². The van der Waals surface area contributed by atoms with Crippen LogP contribution in [0, 0.1) is 0 Å². The molecule has 3 rings (SSSR count). The van der Waals surface area contributed by atoms with Crippen LogP contribution in [0.4, 0.5) is 5.69 Å². The first-order valence-electron chi connectivity index (χ1n) is 10.4. The molecule has 1 fully saturated rings. The van der Waals surface area contributed by atoms with Crippen molar-refractivity contribution < 1.29 is 23.8 Å². The normalized spacial score (nSPS) is 15.4. The monoisotopic (exact) mass is 426 g/mol. The maximum absolute atomic E-state index is 12.3. The summed E-state index contributed by atoms with van der Waals surface area (Å²) in [6.45, 7) is 1.43. The Balaban J connectivity index is 1.42. The van der Waals surface area contributed by atoms with Crippen LogP contribution in [0.3, 0.4) is 0 Å². The summed E-state index contributed by atoms with van der Waals surface area (Å²) in [5.41, 5.74) is 2.47. The number of benzene rings is 2. The van der Waals surface area contributed by atoms with Gasteiger partial charge in [0.05, 0.1) is 11.7 Å². The van der Waals surface area contributed by atoms with E-state index in [1.54, 1.807) is 36.2 Å². The third kappa shape index (κ3) is 6.72. The predicted molar refractivity (Wildman–Crippen MR) is 118 cm³/mol.